The monoisotopic (exact) mass is 677 g/mol. The molecule has 44 heavy (non-hydrogen) atoms. The highest BCUT2D eigenvalue weighted by atomic mass is 32.1. The fourth-order valence-electron chi connectivity index (χ4n) is 5.43. The molecule has 1 amide bonds. The number of aliphatic imine (C=N–C) groups is 1. The van der Waals surface area contributed by atoms with E-state index >= 15 is 0 Å². The number of nitrogens with one attached hydrogen (secondary N) is 1. The van der Waals surface area contributed by atoms with Crippen LogP contribution in [0.3, 0.4) is 0 Å². The number of aliphatic hydroxyl groups is 1. The SMILES string of the molecule is CC1=NC2C(N=NN2[C@@H]2O[C@@H]3COP(=O)(O)O[C@H]4C[C@H](c5snc6c(N)ncnc56)O[C@@H]4COP(=O)(O)O[C@@H]2[C@@H]3O)C(=O)N1. The maximum Gasteiger partial charge on any atom is 0.472 e. The lowest BCUT2D eigenvalue weighted by molar-refractivity contribution is -0.127. The number of nitrogens with two attached hydrogens (primary N) is 1. The minimum absolute atomic E-state index is 0.0109. The minimum Gasteiger partial charge on any atom is -0.387 e. The number of fused-ring (bicyclic) bond motifs is 5. The molecule has 238 valence electrons. The van der Waals surface area contributed by atoms with Crippen molar-refractivity contribution in [2.24, 2.45) is 15.3 Å². The molecule has 0 radical (unpaired) electrons. The Bertz CT molecular complexity index is 1650. The molecular weight excluding hydrogens is 652 g/mol. The number of amides is 1. The first-order chi connectivity index (χ1) is 20.9. The van der Waals surface area contributed by atoms with Crippen LogP contribution in [0.15, 0.2) is 21.7 Å². The summed E-state index contributed by atoms with van der Waals surface area (Å²) in [7, 11) is -9.83. The van der Waals surface area contributed by atoms with E-state index in [0.29, 0.717) is 15.9 Å². The highest BCUT2D eigenvalue weighted by Crippen LogP contribution is 2.54. The van der Waals surface area contributed by atoms with Gasteiger partial charge in [0, 0.05) is 6.42 Å². The van der Waals surface area contributed by atoms with Crippen LogP contribution in [0.5, 0.6) is 0 Å². The first-order valence-corrected chi connectivity index (χ1v) is 16.9. The van der Waals surface area contributed by atoms with E-state index in [1.54, 1.807) is 0 Å². The number of aromatic nitrogens is 3. The van der Waals surface area contributed by atoms with E-state index in [0.717, 1.165) is 16.5 Å². The highest BCUT2D eigenvalue weighted by Gasteiger charge is 2.56. The van der Waals surface area contributed by atoms with Crippen molar-refractivity contribution in [3.63, 3.8) is 0 Å². The number of aliphatic hydroxyl groups excluding tert-OH is 1. The molecule has 4 unspecified atom stereocenters. The number of rotatable bonds is 2. The van der Waals surface area contributed by atoms with Crippen molar-refractivity contribution in [3.8, 4) is 0 Å². The van der Waals surface area contributed by atoms with Crippen molar-refractivity contribution in [2.45, 2.75) is 68.4 Å². The lowest BCUT2D eigenvalue weighted by atomic mass is 10.1. The van der Waals surface area contributed by atoms with Gasteiger partial charge in [0.25, 0.3) is 5.91 Å². The summed E-state index contributed by atoms with van der Waals surface area (Å²) >= 11 is 1.03. The van der Waals surface area contributed by atoms with Crippen LogP contribution in [0.25, 0.3) is 11.0 Å². The van der Waals surface area contributed by atoms with Gasteiger partial charge in [0.2, 0.25) is 0 Å². The second-order valence-corrected chi connectivity index (χ2v) is 14.0. The molecule has 0 spiro atoms. The molecule has 5 aliphatic rings. The summed E-state index contributed by atoms with van der Waals surface area (Å²) in [4.78, 5) is 46.6. The summed E-state index contributed by atoms with van der Waals surface area (Å²) < 4.78 is 63.5. The molecule has 2 aromatic heterocycles. The van der Waals surface area contributed by atoms with Gasteiger partial charge in [-0.05, 0) is 18.5 Å². The lowest BCUT2D eigenvalue weighted by Crippen LogP contribution is -2.54. The van der Waals surface area contributed by atoms with E-state index < -0.39 is 89.8 Å². The van der Waals surface area contributed by atoms with E-state index in [-0.39, 0.29) is 18.1 Å². The van der Waals surface area contributed by atoms with Crippen molar-refractivity contribution in [3.05, 3.63) is 11.2 Å². The molecule has 6 N–H and O–H groups in total. The molecule has 5 aliphatic heterocycles. The lowest BCUT2D eigenvalue weighted by Gasteiger charge is -2.32. The Balaban J connectivity index is 1.15. The number of carbonyl (C=O) groups is 1. The fourth-order valence-corrected chi connectivity index (χ4v) is 8.20. The Morgan fingerprint density at radius 2 is 1.82 bits per heavy atom. The Kier molecular flexibility index (Phi) is 7.55. The molecule has 24 heteroatoms. The van der Waals surface area contributed by atoms with Gasteiger partial charge in [-0.25, -0.2) is 29.1 Å². The molecule has 0 saturated carbocycles. The van der Waals surface area contributed by atoms with Crippen molar-refractivity contribution in [1.29, 1.82) is 0 Å². The number of amidine groups is 1. The van der Waals surface area contributed by atoms with Crippen molar-refractivity contribution < 1.29 is 56.4 Å². The average Bonchev–Trinajstić information content (AvgIpc) is 3.72. The van der Waals surface area contributed by atoms with Crippen molar-refractivity contribution >= 4 is 55.8 Å². The van der Waals surface area contributed by atoms with Crippen LogP contribution in [-0.4, -0.2) is 108 Å². The Morgan fingerprint density at radius 1 is 1.07 bits per heavy atom. The molecule has 0 aromatic carbocycles. The predicted octanol–water partition coefficient (Wildman–Crippen LogP) is -0.472. The Hall–Kier alpha value is -2.59. The van der Waals surface area contributed by atoms with E-state index in [1.165, 1.54) is 13.3 Å². The second-order valence-electron chi connectivity index (χ2n) is 10.3. The number of phosphoric ester groups is 2. The predicted molar refractivity (Wildman–Crippen MR) is 143 cm³/mol. The van der Waals surface area contributed by atoms with Crippen LogP contribution < -0.4 is 11.1 Å². The van der Waals surface area contributed by atoms with Gasteiger partial charge in [-0.15, -0.1) is 0 Å². The van der Waals surface area contributed by atoms with Gasteiger partial charge in [0.15, 0.2) is 24.3 Å². The topological polar surface area (TPSA) is 284 Å². The van der Waals surface area contributed by atoms with Crippen LogP contribution in [0.4, 0.5) is 5.82 Å². The van der Waals surface area contributed by atoms with E-state index in [9.17, 15) is 28.8 Å². The van der Waals surface area contributed by atoms with E-state index in [1.807, 2.05) is 0 Å². The number of nitrogens with zero attached hydrogens (tertiary/aromatic N) is 7. The smallest absolute Gasteiger partial charge is 0.387 e. The third-order valence-corrected chi connectivity index (χ3v) is 10.4. The zero-order chi connectivity index (χ0) is 31.0. The third-order valence-electron chi connectivity index (χ3n) is 7.44. The normalized spacial score (nSPS) is 42.6. The molecule has 3 saturated heterocycles. The minimum atomic E-state index is -4.99. The zero-order valence-corrected chi connectivity index (χ0v) is 25.0. The summed E-state index contributed by atoms with van der Waals surface area (Å²) in [5.41, 5.74) is 6.64. The number of ether oxygens (including phenoxy) is 2. The molecule has 2 aromatic rings. The van der Waals surface area contributed by atoms with Crippen LogP contribution in [0, 0.1) is 0 Å². The molecule has 3 fully saturated rings. The number of phosphoric acid groups is 2. The van der Waals surface area contributed by atoms with Crippen molar-refractivity contribution in [1.82, 2.24) is 24.7 Å². The summed E-state index contributed by atoms with van der Waals surface area (Å²) in [6, 6.07) is -1.06. The number of anilines is 1. The maximum absolute atomic E-state index is 13.2. The van der Waals surface area contributed by atoms with Gasteiger partial charge in [-0.2, -0.15) is 9.49 Å². The van der Waals surface area contributed by atoms with Crippen molar-refractivity contribution in [2.75, 3.05) is 18.9 Å². The van der Waals surface area contributed by atoms with Gasteiger partial charge >= 0.3 is 15.6 Å². The average molecular weight is 677 g/mol. The largest absolute Gasteiger partial charge is 0.472 e. The number of hydrogen-bond donors (Lipinski definition) is 5. The van der Waals surface area contributed by atoms with Gasteiger partial charge in [-0.3, -0.25) is 22.9 Å². The van der Waals surface area contributed by atoms with Crippen LogP contribution in [0.2, 0.25) is 0 Å². The van der Waals surface area contributed by atoms with Gasteiger partial charge in [0.05, 0.1) is 24.2 Å². The molecular formula is C20H25N9O12P2S. The quantitative estimate of drug-likeness (QED) is 0.251. The van der Waals surface area contributed by atoms with E-state index in [2.05, 4.69) is 35.0 Å². The first-order valence-electron chi connectivity index (χ1n) is 13.1. The number of carbonyl (C=O) groups excluding carboxylic acids is 1. The molecule has 7 heterocycles. The van der Waals surface area contributed by atoms with Gasteiger partial charge < -0.3 is 35.4 Å². The summed E-state index contributed by atoms with van der Waals surface area (Å²) in [6.07, 6.45) is -9.05. The summed E-state index contributed by atoms with van der Waals surface area (Å²) in [6.45, 7) is 0.190. The summed E-state index contributed by atoms with van der Waals surface area (Å²) in [5, 5.41) is 22.5. The van der Waals surface area contributed by atoms with Gasteiger partial charge in [0.1, 0.15) is 53.7 Å². The number of nitrogen functional groups attached to an aromatic ring is 1. The maximum atomic E-state index is 13.2. The fraction of sp³-hybridized carbons (Fsp3) is 0.650. The Morgan fingerprint density at radius 3 is 2.61 bits per heavy atom. The van der Waals surface area contributed by atoms with E-state index in [4.69, 9.17) is 33.3 Å². The first kappa shape index (κ1) is 30.1. The second kappa shape index (κ2) is 11.0. The van der Waals surface area contributed by atoms with Crippen LogP contribution >= 0.6 is 27.2 Å². The molecule has 2 bridgehead atoms. The highest BCUT2D eigenvalue weighted by molar-refractivity contribution is 7.47. The molecule has 7 rings (SSSR count). The molecule has 11 atom stereocenters. The van der Waals surface area contributed by atoms with Crippen LogP contribution in [-0.2, 0) is 41.5 Å². The Labute approximate surface area is 250 Å². The number of hydrogen-bond acceptors (Lipinski definition) is 19. The summed E-state index contributed by atoms with van der Waals surface area (Å²) in [5.74, 6) is -0.0815. The molecule has 21 nitrogen and oxygen atoms in total. The molecule has 0 aliphatic carbocycles. The van der Waals surface area contributed by atoms with Crippen LogP contribution in [0.1, 0.15) is 24.3 Å². The standard InChI is InChI=1S/C20H25N9O12P2S/c1-6-24-18-13(19(31)25-6)26-28-29(18)20-15-14(30)10(39-20)4-37-42(32,33)40-7-2-8(38-9(7)3-36-43(34,35)41-15)16-11-12(27-44-16)17(21)23-5-22-11/h5,7-10,13-15,18,20,30H,2-4H2,1H3,(H,32,33)(H,34,35)(H2,21,22,23)(H,24,25,31)/t7-,8+,9+,10+,13?,14+,15+,18?,20+/m0/s1. The van der Waals surface area contributed by atoms with Gasteiger partial charge in [-0.1, -0.05) is 5.22 Å². The third kappa shape index (κ3) is 5.44. The zero-order valence-electron chi connectivity index (χ0n) is 22.4.